The second-order valence-corrected chi connectivity index (χ2v) is 5.64. The SMILES string of the molecule is C=C[Si](C)(C#CCO)C#CCO. The van der Waals surface area contributed by atoms with E-state index in [0.717, 1.165) is 0 Å². The number of hydrogen-bond acceptors (Lipinski definition) is 2. The van der Waals surface area contributed by atoms with Gasteiger partial charge in [-0.05, 0) is 6.55 Å². The van der Waals surface area contributed by atoms with Gasteiger partial charge in [0.2, 0.25) is 8.07 Å². The molecule has 0 aromatic carbocycles. The van der Waals surface area contributed by atoms with Crippen LogP contribution in [-0.2, 0) is 0 Å². The van der Waals surface area contributed by atoms with Gasteiger partial charge >= 0.3 is 0 Å². The average molecular weight is 180 g/mol. The van der Waals surface area contributed by atoms with E-state index in [0.29, 0.717) is 0 Å². The van der Waals surface area contributed by atoms with E-state index in [2.05, 4.69) is 29.5 Å². The molecule has 0 saturated heterocycles. The molecule has 0 fully saturated rings. The largest absolute Gasteiger partial charge is 0.384 e. The highest BCUT2D eigenvalue weighted by atomic mass is 28.3. The van der Waals surface area contributed by atoms with Crippen molar-refractivity contribution >= 4 is 8.07 Å². The smallest absolute Gasteiger partial charge is 0.235 e. The first kappa shape index (κ1) is 11.0. The maximum Gasteiger partial charge on any atom is 0.235 e. The van der Waals surface area contributed by atoms with Crippen molar-refractivity contribution in [2.75, 3.05) is 13.2 Å². The van der Waals surface area contributed by atoms with Crippen LogP contribution in [0, 0.1) is 22.9 Å². The summed E-state index contributed by atoms with van der Waals surface area (Å²) < 4.78 is 0. The first-order chi connectivity index (χ1) is 5.68. The molecule has 64 valence electrons. The van der Waals surface area contributed by atoms with Crippen LogP contribution < -0.4 is 0 Å². The molecule has 0 radical (unpaired) electrons. The number of hydrogen-bond donors (Lipinski definition) is 2. The summed E-state index contributed by atoms with van der Waals surface area (Å²) in [5.41, 5.74) is 7.45. The molecule has 0 aromatic heterocycles. The minimum atomic E-state index is -2.04. The average Bonchev–Trinajstić information content (AvgIpc) is 2.11. The van der Waals surface area contributed by atoms with E-state index in [4.69, 9.17) is 10.2 Å². The lowest BCUT2D eigenvalue weighted by Crippen LogP contribution is -2.23. The lowest BCUT2D eigenvalue weighted by atomic mass is 10.8. The van der Waals surface area contributed by atoms with Crippen molar-refractivity contribution in [1.82, 2.24) is 0 Å². The maximum atomic E-state index is 8.47. The van der Waals surface area contributed by atoms with Gasteiger partial charge in [-0.3, -0.25) is 0 Å². The Morgan fingerprint density at radius 3 is 1.92 bits per heavy atom. The third kappa shape index (κ3) is 4.00. The Balaban J connectivity index is 4.56. The van der Waals surface area contributed by atoms with Crippen LogP contribution in [0.3, 0.4) is 0 Å². The molecule has 0 aliphatic rings. The van der Waals surface area contributed by atoms with Gasteiger partial charge in [0.1, 0.15) is 13.2 Å². The van der Waals surface area contributed by atoms with Crippen LogP contribution in [0.2, 0.25) is 6.55 Å². The van der Waals surface area contributed by atoms with E-state index < -0.39 is 8.07 Å². The maximum absolute atomic E-state index is 8.47. The fourth-order valence-corrected chi connectivity index (χ4v) is 1.74. The third-order valence-electron chi connectivity index (χ3n) is 1.26. The van der Waals surface area contributed by atoms with E-state index in [-0.39, 0.29) is 13.2 Å². The van der Waals surface area contributed by atoms with E-state index in [9.17, 15) is 0 Å². The molecule has 0 spiro atoms. The standard InChI is InChI=1S/C9H12O2Si/c1-3-12(2,8-4-6-10)9-5-7-11/h3,10-11H,1,6-7H2,2H3. The van der Waals surface area contributed by atoms with Crippen molar-refractivity contribution < 1.29 is 10.2 Å². The fraction of sp³-hybridized carbons (Fsp3) is 0.333. The summed E-state index contributed by atoms with van der Waals surface area (Å²) in [5.74, 6) is 5.12. The Morgan fingerprint density at radius 1 is 1.25 bits per heavy atom. The summed E-state index contributed by atoms with van der Waals surface area (Å²) >= 11 is 0. The minimum absolute atomic E-state index is 0.156. The second-order valence-electron chi connectivity index (χ2n) is 2.33. The second kappa shape index (κ2) is 5.62. The first-order valence-electron chi connectivity index (χ1n) is 3.54. The predicted octanol–water partition coefficient (Wildman–Crippen LogP) is -0.140. The molecule has 0 rings (SSSR count). The van der Waals surface area contributed by atoms with Gasteiger partial charge in [-0.2, -0.15) is 0 Å². The first-order valence-corrected chi connectivity index (χ1v) is 6.11. The van der Waals surface area contributed by atoms with Crippen LogP contribution in [-0.4, -0.2) is 31.5 Å². The highest BCUT2D eigenvalue weighted by molar-refractivity contribution is 6.97. The lowest BCUT2D eigenvalue weighted by molar-refractivity contribution is 0.350. The van der Waals surface area contributed by atoms with Gasteiger partial charge in [-0.25, -0.2) is 0 Å². The van der Waals surface area contributed by atoms with E-state index >= 15 is 0 Å². The molecule has 12 heavy (non-hydrogen) atoms. The van der Waals surface area contributed by atoms with Crippen molar-refractivity contribution in [2.45, 2.75) is 6.55 Å². The lowest BCUT2D eigenvalue weighted by Gasteiger charge is -2.04. The minimum Gasteiger partial charge on any atom is -0.384 e. The van der Waals surface area contributed by atoms with Crippen LogP contribution in [0.25, 0.3) is 0 Å². The monoisotopic (exact) mass is 180 g/mol. The van der Waals surface area contributed by atoms with Crippen LogP contribution in [0.1, 0.15) is 0 Å². The normalized spacial score (nSPS) is 8.92. The van der Waals surface area contributed by atoms with E-state index in [1.165, 1.54) is 0 Å². The molecule has 2 nitrogen and oxygen atoms in total. The molecule has 0 atom stereocenters. The summed E-state index contributed by atoms with van der Waals surface area (Å²) in [6.45, 7) is 5.23. The zero-order valence-corrected chi connectivity index (χ0v) is 8.09. The van der Waals surface area contributed by atoms with Gasteiger partial charge < -0.3 is 10.2 Å². The Hall–Kier alpha value is -1.00. The molecule has 0 aliphatic heterocycles. The van der Waals surface area contributed by atoms with E-state index in [1.807, 2.05) is 6.55 Å². The van der Waals surface area contributed by atoms with Gasteiger partial charge in [-0.15, -0.1) is 17.7 Å². The van der Waals surface area contributed by atoms with Gasteiger partial charge in [0.05, 0.1) is 0 Å². The Labute approximate surface area is 73.9 Å². The highest BCUT2D eigenvalue weighted by Gasteiger charge is 2.16. The van der Waals surface area contributed by atoms with Gasteiger partial charge in [0.15, 0.2) is 0 Å². The zero-order chi connectivity index (χ0) is 9.45. The summed E-state index contributed by atoms with van der Waals surface area (Å²) in [7, 11) is -2.04. The van der Waals surface area contributed by atoms with Crippen LogP contribution in [0.5, 0.6) is 0 Å². The van der Waals surface area contributed by atoms with Crippen molar-refractivity contribution in [3.8, 4) is 22.9 Å². The molecule has 0 bridgehead atoms. The molecule has 2 N–H and O–H groups in total. The van der Waals surface area contributed by atoms with E-state index in [1.54, 1.807) is 5.70 Å². The number of aliphatic hydroxyl groups excluding tert-OH is 2. The Bertz CT molecular complexity index is 240. The number of rotatable bonds is 1. The summed E-state index contributed by atoms with van der Waals surface area (Å²) in [5, 5.41) is 16.9. The van der Waals surface area contributed by atoms with Crippen LogP contribution in [0.15, 0.2) is 12.3 Å². The van der Waals surface area contributed by atoms with Crippen molar-refractivity contribution in [1.29, 1.82) is 0 Å². The zero-order valence-electron chi connectivity index (χ0n) is 7.09. The molecule has 0 unspecified atom stereocenters. The molecule has 0 aliphatic carbocycles. The van der Waals surface area contributed by atoms with Gasteiger partial charge in [-0.1, -0.05) is 17.5 Å². The Kier molecular flexibility index (Phi) is 5.15. The van der Waals surface area contributed by atoms with Gasteiger partial charge in [0, 0.05) is 0 Å². The van der Waals surface area contributed by atoms with Crippen molar-refractivity contribution in [3.63, 3.8) is 0 Å². The summed E-state index contributed by atoms with van der Waals surface area (Å²) in [6, 6.07) is 0. The molecular weight excluding hydrogens is 168 g/mol. The molecular formula is C9H12O2Si. The van der Waals surface area contributed by atoms with Crippen LogP contribution >= 0.6 is 0 Å². The van der Waals surface area contributed by atoms with Gasteiger partial charge in [0.25, 0.3) is 0 Å². The third-order valence-corrected chi connectivity index (χ3v) is 3.47. The highest BCUT2D eigenvalue weighted by Crippen LogP contribution is 1.98. The topological polar surface area (TPSA) is 40.5 Å². The van der Waals surface area contributed by atoms with Crippen molar-refractivity contribution in [3.05, 3.63) is 12.3 Å². The molecule has 0 aromatic rings. The number of aliphatic hydroxyl groups is 2. The fourth-order valence-electron chi connectivity index (χ4n) is 0.580. The Morgan fingerprint density at radius 2 is 1.67 bits per heavy atom. The van der Waals surface area contributed by atoms with Crippen molar-refractivity contribution in [2.24, 2.45) is 0 Å². The quantitative estimate of drug-likeness (QED) is 0.435. The summed E-state index contributed by atoms with van der Waals surface area (Å²) in [6.07, 6.45) is 0. The molecule has 0 saturated carbocycles. The van der Waals surface area contributed by atoms with Crippen LogP contribution in [0.4, 0.5) is 0 Å². The molecule has 3 heteroatoms. The molecule has 0 heterocycles. The summed E-state index contributed by atoms with van der Waals surface area (Å²) in [4.78, 5) is 0. The predicted molar refractivity (Wildman–Crippen MR) is 51.5 cm³/mol. The molecule has 0 amide bonds.